The lowest BCUT2D eigenvalue weighted by atomic mass is 10.4. The van der Waals surface area contributed by atoms with Crippen molar-refractivity contribution in [2.24, 2.45) is 5.73 Å². The molecule has 2 amide bonds. The normalized spacial score (nSPS) is 19.2. The van der Waals surface area contributed by atoms with E-state index in [0.29, 0.717) is 0 Å². The summed E-state index contributed by atoms with van der Waals surface area (Å²) in [7, 11) is 1.33. The highest BCUT2D eigenvalue weighted by Gasteiger charge is 2.32. The van der Waals surface area contributed by atoms with Crippen LogP contribution in [0.1, 0.15) is 0 Å². The van der Waals surface area contributed by atoms with Crippen molar-refractivity contribution in [3.8, 4) is 0 Å². The Morgan fingerprint density at radius 3 is 2.00 bits per heavy atom. The van der Waals surface area contributed by atoms with Gasteiger partial charge in [-0.2, -0.15) is 0 Å². The van der Waals surface area contributed by atoms with Crippen molar-refractivity contribution in [1.82, 2.24) is 4.90 Å². The average molecular weight is 161 g/mol. The van der Waals surface area contributed by atoms with Gasteiger partial charge >= 0.3 is 0 Å². The second-order valence-electron chi connectivity index (χ2n) is 1.90. The van der Waals surface area contributed by atoms with Gasteiger partial charge in [-0.1, -0.05) is 11.6 Å². The molecule has 0 saturated carbocycles. The van der Waals surface area contributed by atoms with Crippen LogP contribution in [0.25, 0.3) is 0 Å². The first-order valence-corrected chi connectivity index (χ1v) is 2.91. The predicted molar refractivity (Wildman–Crippen MR) is 34.8 cm³/mol. The summed E-state index contributed by atoms with van der Waals surface area (Å²) in [6, 6.07) is 0. The minimum Gasteiger partial charge on any atom is -0.393 e. The van der Waals surface area contributed by atoms with Gasteiger partial charge in [-0.15, -0.1) is 0 Å². The first kappa shape index (κ1) is 7.08. The van der Waals surface area contributed by atoms with E-state index in [0.717, 1.165) is 4.90 Å². The maximum Gasteiger partial charge on any atom is 0.278 e. The molecule has 0 radical (unpaired) electrons. The molecule has 0 spiro atoms. The van der Waals surface area contributed by atoms with E-state index in [1.54, 1.807) is 0 Å². The third-order valence-electron chi connectivity index (χ3n) is 1.26. The van der Waals surface area contributed by atoms with E-state index in [4.69, 9.17) is 17.3 Å². The summed E-state index contributed by atoms with van der Waals surface area (Å²) < 4.78 is 0. The van der Waals surface area contributed by atoms with Crippen LogP contribution >= 0.6 is 11.6 Å². The Balaban J connectivity index is 3.11. The van der Waals surface area contributed by atoms with Gasteiger partial charge in [0.1, 0.15) is 10.7 Å². The molecular formula is C5H5ClN2O2. The van der Waals surface area contributed by atoms with Crippen LogP contribution in [0, 0.1) is 0 Å². The summed E-state index contributed by atoms with van der Waals surface area (Å²) in [5.41, 5.74) is 4.97. The highest BCUT2D eigenvalue weighted by molar-refractivity contribution is 6.47. The smallest absolute Gasteiger partial charge is 0.278 e. The molecule has 0 aliphatic carbocycles. The van der Waals surface area contributed by atoms with E-state index >= 15 is 0 Å². The number of likely N-dealkylation sites (N-methyl/N-ethyl adjacent to an activating group) is 1. The number of hydrogen-bond acceptors (Lipinski definition) is 3. The lowest BCUT2D eigenvalue weighted by Crippen LogP contribution is -2.27. The molecule has 1 aliphatic heterocycles. The summed E-state index contributed by atoms with van der Waals surface area (Å²) >= 11 is 5.35. The molecule has 0 unspecified atom stereocenters. The molecule has 0 aromatic carbocycles. The highest BCUT2D eigenvalue weighted by atomic mass is 35.5. The predicted octanol–water partition coefficient (Wildman–Crippen LogP) is -0.606. The van der Waals surface area contributed by atoms with Crippen molar-refractivity contribution in [1.29, 1.82) is 0 Å². The molecule has 54 valence electrons. The minimum atomic E-state index is -0.538. The molecular weight excluding hydrogens is 156 g/mol. The van der Waals surface area contributed by atoms with E-state index in [-0.39, 0.29) is 10.7 Å². The van der Waals surface area contributed by atoms with E-state index in [2.05, 4.69) is 0 Å². The molecule has 0 bridgehead atoms. The maximum absolute atomic E-state index is 10.8. The van der Waals surface area contributed by atoms with Crippen LogP contribution in [0.4, 0.5) is 0 Å². The van der Waals surface area contributed by atoms with Crippen molar-refractivity contribution in [3.05, 3.63) is 10.7 Å². The van der Waals surface area contributed by atoms with E-state index in [9.17, 15) is 9.59 Å². The fourth-order valence-electron chi connectivity index (χ4n) is 0.629. The summed E-state index contributed by atoms with van der Waals surface area (Å²) in [6.45, 7) is 0. The quantitative estimate of drug-likeness (QED) is 0.481. The molecule has 1 rings (SSSR count). The van der Waals surface area contributed by atoms with E-state index in [1.165, 1.54) is 7.05 Å². The SMILES string of the molecule is CN1C(=O)C(N)=C(Cl)C1=O. The zero-order chi connectivity index (χ0) is 7.89. The lowest BCUT2D eigenvalue weighted by molar-refractivity contribution is -0.135. The average Bonchev–Trinajstić information content (AvgIpc) is 2.07. The molecule has 0 aromatic rings. The van der Waals surface area contributed by atoms with Gasteiger partial charge in [-0.3, -0.25) is 14.5 Å². The Morgan fingerprint density at radius 1 is 1.40 bits per heavy atom. The standard InChI is InChI=1S/C5H5ClN2O2/c1-8-4(9)2(6)3(7)5(8)10/h7H2,1H3. The maximum atomic E-state index is 10.8. The van der Waals surface area contributed by atoms with Crippen molar-refractivity contribution >= 4 is 23.4 Å². The molecule has 1 aliphatic rings. The second-order valence-corrected chi connectivity index (χ2v) is 2.27. The Labute approximate surface area is 62.2 Å². The number of halogens is 1. The van der Waals surface area contributed by atoms with Gasteiger partial charge in [0.05, 0.1) is 0 Å². The van der Waals surface area contributed by atoms with Gasteiger partial charge in [0, 0.05) is 7.05 Å². The van der Waals surface area contributed by atoms with Gasteiger partial charge in [0.25, 0.3) is 11.8 Å². The van der Waals surface area contributed by atoms with E-state index < -0.39 is 11.8 Å². The number of carbonyl (C=O) groups is 2. The Bertz CT molecular complexity index is 222. The van der Waals surface area contributed by atoms with Gasteiger partial charge < -0.3 is 5.73 Å². The summed E-state index contributed by atoms with van der Waals surface area (Å²) in [5.74, 6) is -1.07. The number of imide groups is 1. The van der Waals surface area contributed by atoms with Gasteiger partial charge in [-0.25, -0.2) is 0 Å². The molecule has 5 heteroatoms. The fourth-order valence-corrected chi connectivity index (χ4v) is 0.837. The monoisotopic (exact) mass is 160 g/mol. The molecule has 2 N–H and O–H groups in total. The van der Waals surface area contributed by atoms with Crippen molar-refractivity contribution in [2.75, 3.05) is 7.05 Å². The van der Waals surface area contributed by atoms with Crippen LogP contribution in [-0.4, -0.2) is 23.8 Å². The zero-order valence-electron chi connectivity index (χ0n) is 5.22. The van der Waals surface area contributed by atoms with Crippen molar-refractivity contribution in [2.45, 2.75) is 0 Å². The van der Waals surface area contributed by atoms with Gasteiger partial charge in [-0.05, 0) is 0 Å². The number of carbonyl (C=O) groups excluding carboxylic acids is 2. The molecule has 1 heterocycles. The zero-order valence-corrected chi connectivity index (χ0v) is 5.97. The Morgan fingerprint density at radius 2 is 1.90 bits per heavy atom. The van der Waals surface area contributed by atoms with E-state index in [1.807, 2.05) is 0 Å². The van der Waals surface area contributed by atoms with Crippen molar-refractivity contribution < 1.29 is 9.59 Å². The van der Waals surface area contributed by atoms with Crippen molar-refractivity contribution in [3.63, 3.8) is 0 Å². The Hall–Kier alpha value is -1.03. The third-order valence-corrected chi connectivity index (χ3v) is 1.63. The second kappa shape index (κ2) is 1.98. The summed E-state index contributed by atoms with van der Waals surface area (Å²) in [5, 5.41) is -0.187. The lowest BCUT2D eigenvalue weighted by Gasteiger charge is -2.03. The fraction of sp³-hybridized carbons (Fsp3) is 0.200. The third kappa shape index (κ3) is 0.690. The molecule has 0 aromatic heterocycles. The molecule has 0 atom stereocenters. The number of rotatable bonds is 0. The molecule has 10 heavy (non-hydrogen) atoms. The topological polar surface area (TPSA) is 63.4 Å². The summed E-state index contributed by atoms with van der Waals surface area (Å²) in [6.07, 6.45) is 0. The van der Waals surface area contributed by atoms with Crippen LogP contribution in [0.3, 0.4) is 0 Å². The van der Waals surface area contributed by atoms with Crippen LogP contribution < -0.4 is 5.73 Å². The molecule has 4 nitrogen and oxygen atoms in total. The number of amides is 2. The van der Waals surface area contributed by atoms with Crippen LogP contribution in [0.2, 0.25) is 0 Å². The first-order chi connectivity index (χ1) is 4.55. The van der Waals surface area contributed by atoms with Crippen LogP contribution in [0.5, 0.6) is 0 Å². The number of nitrogens with zero attached hydrogens (tertiary/aromatic N) is 1. The number of hydrogen-bond donors (Lipinski definition) is 1. The largest absolute Gasteiger partial charge is 0.393 e. The van der Waals surface area contributed by atoms with Crippen LogP contribution in [0.15, 0.2) is 10.7 Å². The first-order valence-electron chi connectivity index (χ1n) is 2.53. The van der Waals surface area contributed by atoms with Crippen LogP contribution in [-0.2, 0) is 9.59 Å². The summed E-state index contributed by atoms with van der Waals surface area (Å²) in [4.78, 5) is 22.4. The van der Waals surface area contributed by atoms with Gasteiger partial charge in [0.15, 0.2) is 0 Å². The number of nitrogens with two attached hydrogens (primary N) is 1. The molecule has 0 saturated heterocycles. The highest BCUT2D eigenvalue weighted by Crippen LogP contribution is 2.17. The minimum absolute atomic E-state index is 0.172. The van der Waals surface area contributed by atoms with Gasteiger partial charge in [0.2, 0.25) is 0 Å². The Kier molecular flexibility index (Phi) is 1.40. The molecule has 0 fully saturated rings.